The number of aryl methyl sites for hydroxylation is 2. The normalized spacial score (nSPS) is 10.8. The highest BCUT2D eigenvalue weighted by Gasteiger charge is 2.00. The van der Waals surface area contributed by atoms with Crippen LogP contribution in [0.15, 0.2) is 17.2 Å². The van der Waals surface area contributed by atoms with Crippen LogP contribution in [0.1, 0.15) is 26.7 Å². The molecule has 0 amide bonds. The maximum Gasteiger partial charge on any atom is 0.328 e. The van der Waals surface area contributed by atoms with E-state index in [4.69, 9.17) is 0 Å². The third kappa shape index (κ3) is 3.55. The van der Waals surface area contributed by atoms with Crippen molar-refractivity contribution >= 4 is 0 Å². The average Bonchev–Trinajstić information content (AvgIpc) is 2.57. The van der Waals surface area contributed by atoms with Gasteiger partial charge in [0.25, 0.3) is 0 Å². The Morgan fingerprint density at radius 3 is 2.47 bits per heavy atom. The quantitative estimate of drug-likeness (QED) is 0.685. The van der Waals surface area contributed by atoms with Crippen LogP contribution in [0.25, 0.3) is 0 Å². The van der Waals surface area contributed by atoms with Gasteiger partial charge in [0, 0.05) is 25.5 Å². The van der Waals surface area contributed by atoms with Crippen LogP contribution in [0.2, 0.25) is 0 Å². The van der Waals surface area contributed by atoms with Gasteiger partial charge < -0.3 is 5.32 Å². The molecule has 0 saturated heterocycles. The first-order chi connectivity index (χ1) is 7.29. The summed E-state index contributed by atoms with van der Waals surface area (Å²) in [6.07, 6.45) is 5.76. The molecule has 0 radical (unpaired) electrons. The second-order valence-corrected chi connectivity index (χ2v) is 3.67. The van der Waals surface area contributed by atoms with E-state index in [9.17, 15) is 4.79 Å². The van der Waals surface area contributed by atoms with E-state index in [1.165, 1.54) is 0 Å². The molecular weight excluding hydrogens is 190 g/mol. The van der Waals surface area contributed by atoms with Crippen molar-refractivity contribution in [3.8, 4) is 0 Å². The lowest BCUT2D eigenvalue weighted by molar-refractivity contribution is 0.559. The highest BCUT2D eigenvalue weighted by atomic mass is 16.1. The van der Waals surface area contributed by atoms with Crippen molar-refractivity contribution in [2.45, 2.75) is 39.8 Å². The van der Waals surface area contributed by atoms with Gasteiger partial charge in [-0.15, -0.1) is 0 Å². The lowest BCUT2D eigenvalue weighted by atomic mass is 10.4. The summed E-state index contributed by atoms with van der Waals surface area (Å²) in [5.74, 6) is 0. The number of hydrogen-bond donors (Lipinski definition) is 1. The van der Waals surface area contributed by atoms with Crippen molar-refractivity contribution < 1.29 is 0 Å². The van der Waals surface area contributed by atoms with Crippen molar-refractivity contribution in [2.75, 3.05) is 13.1 Å². The Morgan fingerprint density at radius 2 is 1.87 bits per heavy atom. The van der Waals surface area contributed by atoms with Crippen LogP contribution in [-0.4, -0.2) is 22.2 Å². The molecule has 0 fully saturated rings. The van der Waals surface area contributed by atoms with Crippen LogP contribution in [0.3, 0.4) is 0 Å². The number of hydrogen-bond acceptors (Lipinski definition) is 2. The molecule has 1 N–H and O–H groups in total. The summed E-state index contributed by atoms with van der Waals surface area (Å²) in [5, 5.41) is 3.25. The number of imidazole rings is 1. The van der Waals surface area contributed by atoms with Crippen molar-refractivity contribution in [3.63, 3.8) is 0 Å². The van der Waals surface area contributed by atoms with Crippen LogP contribution in [0, 0.1) is 0 Å². The third-order valence-electron chi connectivity index (χ3n) is 2.39. The molecule has 0 saturated carbocycles. The minimum absolute atomic E-state index is 0.119. The first-order valence-corrected chi connectivity index (χ1v) is 5.75. The molecule has 1 heterocycles. The summed E-state index contributed by atoms with van der Waals surface area (Å²) in [6, 6.07) is 0. The predicted octanol–water partition coefficient (Wildman–Crippen LogP) is 1.06. The van der Waals surface area contributed by atoms with Crippen molar-refractivity contribution in [1.82, 2.24) is 14.5 Å². The molecule has 1 aromatic heterocycles. The molecule has 0 unspecified atom stereocenters. The topological polar surface area (TPSA) is 39.0 Å². The Bertz CT molecular complexity index is 327. The summed E-state index contributed by atoms with van der Waals surface area (Å²) >= 11 is 0. The van der Waals surface area contributed by atoms with Gasteiger partial charge >= 0.3 is 5.69 Å². The lowest BCUT2D eigenvalue weighted by Crippen LogP contribution is -2.25. The van der Waals surface area contributed by atoms with E-state index in [-0.39, 0.29) is 5.69 Å². The average molecular weight is 211 g/mol. The second-order valence-electron chi connectivity index (χ2n) is 3.67. The second kappa shape index (κ2) is 6.45. The van der Waals surface area contributed by atoms with Gasteiger partial charge in [-0.1, -0.05) is 13.8 Å². The van der Waals surface area contributed by atoms with Crippen LogP contribution in [-0.2, 0) is 13.1 Å². The van der Waals surface area contributed by atoms with Gasteiger partial charge in [-0.05, 0) is 25.9 Å². The molecule has 4 nitrogen and oxygen atoms in total. The molecule has 0 aliphatic carbocycles. The summed E-state index contributed by atoms with van der Waals surface area (Å²) < 4.78 is 3.56. The molecule has 0 bridgehead atoms. The molecule has 1 aromatic rings. The van der Waals surface area contributed by atoms with E-state index in [2.05, 4.69) is 19.2 Å². The van der Waals surface area contributed by atoms with Gasteiger partial charge in [-0.25, -0.2) is 4.79 Å². The van der Waals surface area contributed by atoms with Crippen LogP contribution in [0.4, 0.5) is 0 Å². The van der Waals surface area contributed by atoms with E-state index in [0.29, 0.717) is 0 Å². The zero-order chi connectivity index (χ0) is 11.1. The summed E-state index contributed by atoms with van der Waals surface area (Å²) in [7, 11) is 0. The third-order valence-corrected chi connectivity index (χ3v) is 2.39. The standard InChI is InChI=1S/C11H21N3O/c1-3-7-13-9-10-14(11(13)15)8-5-6-12-4-2/h9-10,12H,3-8H2,1-2H3. The molecule has 4 heteroatoms. The van der Waals surface area contributed by atoms with Gasteiger partial charge in [0.1, 0.15) is 0 Å². The van der Waals surface area contributed by atoms with Crippen LogP contribution >= 0.6 is 0 Å². The first kappa shape index (κ1) is 12.0. The summed E-state index contributed by atoms with van der Waals surface area (Å²) in [5.41, 5.74) is 0.119. The summed E-state index contributed by atoms with van der Waals surface area (Å²) in [4.78, 5) is 11.7. The molecule has 0 aliphatic heterocycles. The van der Waals surface area contributed by atoms with E-state index in [0.717, 1.165) is 39.0 Å². The van der Waals surface area contributed by atoms with Crippen LogP contribution < -0.4 is 11.0 Å². The minimum atomic E-state index is 0.119. The van der Waals surface area contributed by atoms with E-state index < -0.39 is 0 Å². The number of nitrogens with one attached hydrogen (secondary N) is 1. The molecule has 0 spiro atoms. The molecule has 15 heavy (non-hydrogen) atoms. The van der Waals surface area contributed by atoms with E-state index in [1.54, 1.807) is 9.13 Å². The van der Waals surface area contributed by atoms with Crippen molar-refractivity contribution in [2.24, 2.45) is 0 Å². The Kier molecular flexibility index (Phi) is 5.18. The lowest BCUT2D eigenvalue weighted by Gasteiger charge is -2.02. The van der Waals surface area contributed by atoms with Crippen molar-refractivity contribution in [1.29, 1.82) is 0 Å². The van der Waals surface area contributed by atoms with Crippen molar-refractivity contribution in [3.05, 3.63) is 22.9 Å². The number of nitrogens with zero attached hydrogens (tertiary/aromatic N) is 2. The highest BCUT2D eigenvalue weighted by Crippen LogP contribution is 1.90. The fraction of sp³-hybridized carbons (Fsp3) is 0.727. The van der Waals surface area contributed by atoms with E-state index >= 15 is 0 Å². The molecule has 0 atom stereocenters. The van der Waals surface area contributed by atoms with Gasteiger partial charge in [-0.3, -0.25) is 9.13 Å². The largest absolute Gasteiger partial charge is 0.328 e. The maximum atomic E-state index is 11.7. The molecule has 86 valence electrons. The zero-order valence-electron chi connectivity index (χ0n) is 9.70. The minimum Gasteiger partial charge on any atom is -0.317 e. The first-order valence-electron chi connectivity index (χ1n) is 5.75. The van der Waals surface area contributed by atoms with Gasteiger partial charge in [0.2, 0.25) is 0 Å². The summed E-state index contributed by atoms with van der Waals surface area (Å²) in [6.45, 7) is 7.76. The van der Waals surface area contributed by atoms with Crippen LogP contribution in [0.5, 0.6) is 0 Å². The number of aromatic nitrogens is 2. The SMILES string of the molecule is CCCn1ccn(CCCNCC)c1=O. The molecular formula is C11H21N3O. The highest BCUT2D eigenvalue weighted by molar-refractivity contribution is 4.81. The van der Waals surface area contributed by atoms with Gasteiger partial charge in [0.05, 0.1) is 0 Å². The molecule has 1 rings (SSSR count). The fourth-order valence-corrected chi connectivity index (χ4v) is 1.59. The van der Waals surface area contributed by atoms with E-state index in [1.807, 2.05) is 12.4 Å². The smallest absolute Gasteiger partial charge is 0.317 e. The Labute approximate surface area is 90.9 Å². The molecule has 0 aromatic carbocycles. The monoisotopic (exact) mass is 211 g/mol. The molecule has 0 aliphatic rings. The van der Waals surface area contributed by atoms with Gasteiger partial charge in [-0.2, -0.15) is 0 Å². The van der Waals surface area contributed by atoms with Gasteiger partial charge in [0.15, 0.2) is 0 Å². The Morgan fingerprint density at radius 1 is 1.20 bits per heavy atom. The number of rotatable bonds is 7. The Hall–Kier alpha value is -1.03. The predicted molar refractivity (Wildman–Crippen MR) is 62.1 cm³/mol. The maximum absolute atomic E-state index is 11.7. The fourth-order valence-electron chi connectivity index (χ4n) is 1.59. The zero-order valence-corrected chi connectivity index (χ0v) is 9.70. The Balaban J connectivity index is 2.44.